The van der Waals surface area contributed by atoms with E-state index in [2.05, 4.69) is 32.0 Å². The fourth-order valence-corrected chi connectivity index (χ4v) is 2.85. The Morgan fingerprint density at radius 1 is 1.33 bits per heavy atom. The number of rotatable bonds is 5. The van der Waals surface area contributed by atoms with Crippen LogP contribution in [-0.4, -0.2) is 18.8 Å². The van der Waals surface area contributed by atoms with Gasteiger partial charge in [0.05, 0.1) is 7.11 Å². The molecule has 0 spiro atoms. The molecule has 2 rings (SSSR count). The molecule has 18 heavy (non-hydrogen) atoms. The first-order valence-corrected chi connectivity index (χ1v) is 6.88. The molecule has 1 aliphatic rings. The predicted molar refractivity (Wildman–Crippen MR) is 74.2 cm³/mol. The maximum Gasteiger partial charge on any atom is 0.122 e. The minimum absolute atomic E-state index is 0.156. The van der Waals surface area contributed by atoms with Gasteiger partial charge in [0.25, 0.3) is 0 Å². The van der Waals surface area contributed by atoms with Crippen LogP contribution in [-0.2, 0) is 6.42 Å². The van der Waals surface area contributed by atoms with Gasteiger partial charge in [-0.25, -0.2) is 0 Å². The summed E-state index contributed by atoms with van der Waals surface area (Å²) in [4.78, 5) is 0. The molecule has 0 amide bonds. The Balaban J connectivity index is 2.21. The average Bonchev–Trinajstić information content (AvgIpc) is 2.33. The molecule has 100 valence electrons. The Morgan fingerprint density at radius 2 is 2.06 bits per heavy atom. The van der Waals surface area contributed by atoms with E-state index in [0.717, 1.165) is 25.0 Å². The second-order valence-electron chi connectivity index (χ2n) is 5.92. The fraction of sp³-hybridized carbons (Fsp3) is 0.625. The van der Waals surface area contributed by atoms with Crippen LogP contribution in [0.2, 0.25) is 0 Å². The third-order valence-corrected chi connectivity index (χ3v) is 4.24. The third-order valence-electron chi connectivity index (χ3n) is 4.24. The summed E-state index contributed by atoms with van der Waals surface area (Å²) in [6.07, 6.45) is 4.57. The van der Waals surface area contributed by atoms with Crippen LogP contribution in [0.5, 0.6) is 5.75 Å². The highest BCUT2D eigenvalue weighted by Crippen LogP contribution is 2.43. The fourth-order valence-electron chi connectivity index (χ4n) is 2.85. The maximum atomic E-state index is 9.55. The summed E-state index contributed by atoms with van der Waals surface area (Å²) in [5.41, 5.74) is 2.75. The van der Waals surface area contributed by atoms with Crippen molar-refractivity contribution in [2.75, 3.05) is 13.7 Å². The summed E-state index contributed by atoms with van der Waals surface area (Å²) in [7, 11) is 1.72. The number of hydrogen-bond acceptors (Lipinski definition) is 2. The molecule has 2 nitrogen and oxygen atoms in total. The van der Waals surface area contributed by atoms with Crippen LogP contribution in [0.25, 0.3) is 0 Å². The Kier molecular flexibility index (Phi) is 3.96. The van der Waals surface area contributed by atoms with E-state index in [9.17, 15) is 5.11 Å². The van der Waals surface area contributed by atoms with Gasteiger partial charge in [0.15, 0.2) is 0 Å². The lowest BCUT2D eigenvalue weighted by Gasteiger charge is -2.40. The standard InChI is InChI=1S/C16H24O2/c1-12(2)14-9-13(5-6-15(14)18-3)10-16(11-17)7-4-8-16/h5-6,9,12,17H,4,7-8,10-11H2,1-3H3. The van der Waals surface area contributed by atoms with Crippen molar-refractivity contribution in [3.05, 3.63) is 29.3 Å². The second kappa shape index (κ2) is 5.31. The van der Waals surface area contributed by atoms with Crippen molar-refractivity contribution in [3.8, 4) is 5.75 Å². The number of aliphatic hydroxyl groups is 1. The van der Waals surface area contributed by atoms with Crippen LogP contribution in [0, 0.1) is 5.41 Å². The summed E-state index contributed by atoms with van der Waals surface area (Å²) in [5.74, 6) is 1.44. The van der Waals surface area contributed by atoms with E-state index in [1.54, 1.807) is 7.11 Å². The molecule has 1 aliphatic carbocycles. The van der Waals surface area contributed by atoms with Gasteiger partial charge in [-0.1, -0.05) is 32.4 Å². The molecule has 2 heteroatoms. The van der Waals surface area contributed by atoms with Gasteiger partial charge in [0.2, 0.25) is 0 Å². The number of aliphatic hydroxyl groups excluding tert-OH is 1. The zero-order chi connectivity index (χ0) is 13.2. The first kappa shape index (κ1) is 13.4. The van der Waals surface area contributed by atoms with E-state index < -0.39 is 0 Å². The molecule has 1 fully saturated rings. The van der Waals surface area contributed by atoms with Crippen LogP contribution in [0.3, 0.4) is 0 Å². The monoisotopic (exact) mass is 248 g/mol. The molecule has 0 saturated heterocycles. The number of benzene rings is 1. The Hall–Kier alpha value is -1.02. The SMILES string of the molecule is COc1ccc(CC2(CO)CCC2)cc1C(C)C. The van der Waals surface area contributed by atoms with Crippen molar-refractivity contribution in [2.45, 2.75) is 45.4 Å². The lowest BCUT2D eigenvalue weighted by Crippen LogP contribution is -2.35. The van der Waals surface area contributed by atoms with Crippen LogP contribution >= 0.6 is 0 Å². The number of ether oxygens (including phenoxy) is 1. The van der Waals surface area contributed by atoms with Gasteiger partial charge in [0, 0.05) is 6.61 Å². The largest absolute Gasteiger partial charge is 0.496 e. The van der Waals surface area contributed by atoms with Crippen molar-refractivity contribution >= 4 is 0 Å². The van der Waals surface area contributed by atoms with E-state index in [-0.39, 0.29) is 5.41 Å². The molecule has 1 N–H and O–H groups in total. The highest BCUT2D eigenvalue weighted by atomic mass is 16.5. The quantitative estimate of drug-likeness (QED) is 0.864. The average molecular weight is 248 g/mol. The van der Waals surface area contributed by atoms with Crippen molar-refractivity contribution in [1.82, 2.24) is 0 Å². The van der Waals surface area contributed by atoms with Crippen molar-refractivity contribution in [2.24, 2.45) is 5.41 Å². The molecule has 0 heterocycles. The van der Waals surface area contributed by atoms with Crippen LogP contribution in [0.1, 0.15) is 50.2 Å². The van der Waals surface area contributed by atoms with E-state index in [0.29, 0.717) is 12.5 Å². The van der Waals surface area contributed by atoms with Gasteiger partial charge in [-0.15, -0.1) is 0 Å². The first-order chi connectivity index (χ1) is 8.60. The van der Waals surface area contributed by atoms with Gasteiger partial charge in [0.1, 0.15) is 5.75 Å². The third kappa shape index (κ3) is 2.54. The van der Waals surface area contributed by atoms with Gasteiger partial charge in [-0.3, -0.25) is 0 Å². The summed E-state index contributed by atoms with van der Waals surface area (Å²) in [6.45, 7) is 4.69. The molecule has 1 aromatic rings. The smallest absolute Gasteiger partial charge is 0.122 e. The van der Waals surface area contributed by atoms with E-state index >= 15 is 0 Å². The van der Waals surface area contributed by atoms with Crippen LogP contribution in [0.15, 0.2) is 18.2 Å². The molecule has 0 aromatic heterocycles. The minimum atomic E-state index is 0.156. The Bertz CT molecular complexity index is 400. The maximum absolute atomic E-state index is 9.55. The van der Waals surface area contributed by atoms with Crippen LogP contribution in [0.4, 0.5) is 0 Å². The molecule has 0 atom stereocenters. The topological polar surface area (TPSA) is 29.5 Å². The molecular weight excluding hydrogens is 224 g/mol. The minimum Gasteiger partial charge on any atom is -0.496 e. The molecular formula is C16H24O2. The molecule has 0 bridgehead atoms. The van der Waals surface area contributed by atoms with Crippen molar-refractivity contribution in [1.29, 1.82) is 0 Å². The second-order valence-corrected chi connectivity index (χ2v) is 5.92. The predicted octanol–water partition coefficient (Wildman–Crippen LogP) is 3.52. The summed E-state index contributed by atoms with van der Waals surface area (Å²) < 4.78 is 5.41. The molecule has 1 aromatic carbocycles. The number of hydrogen-bond donors (Lipinski definition) is 1. The van der Waals surface area contributed by atoms with Gasteiger partial charge in [-0.05, 0) is 47.8 Å². The van der Waals surface area contributed by atoms with Crippen molar-refractivity contribution in [3.63, 3.8) is 0 Å². The molecule has 1 saturated carbocycles. The van der Waals surface area contributed by atoms with E-state index in [1.165, 1.54) is 17.5 Å². The zero-order valence-corrected chi connectivity index (χ0v) is 11.7. The molecule has 0 aliphatic heterocycles. The first-order valence-electron chi connectivity index (χ1n) is 6.88. The lowest BCUT2D eigenvalue weighted by atomic mass is 9.66. The van der Waals surface area contributed by atoms with Crippen molar-refractivity contribution < 1.29 is 9.84 Å². The van der Waals surface area contributed by atoms with Gasteiger partial charge in [-0.2, -0.15) is 0 Å². The summed E-state index contributed by atoms with van der Waals surface area (Å²) >= 11 is 0. The normalized spacial score (nSPS) is 17.6. The van der Waals surface area contributed by atoms with E-state index in [4.69, 9.17) is 4.74 Å². The van der Waals surface area contributed by atoms with Crippen LogP contribution < -0.4 is 4.74 Å². The Morgan fingerprint density at radius 3 is 2.50 bits per heavy atom. The zero-order valence-electron chi connectivity index (χ0n) is 11.7. The highest BCUT2D eigenvalue weighted by molar-refractivity contribution is 5.39. The lowest BCUT2D eigenvalue weighted by molar-refractivity contribution is 0.0450. The highest BCUT2D eigenvalue weighted by Gasteiger charge is 2.36. The Labute approximate surface area is 110 Å². The molecule has 0 unspecified atom stereocenters. The van der Waals surface area contributed by atoms with Gasteiger partial charge >= 0.3 is 0 Å². The van der Waals surface area contributed by atoms with Gasteiger partial charge < -0.3 is 9.84 Å². The van der Waals surface area contributed by atoms with E-state index in [1.807, 2.05) is 0 Å². The number of methoxy groups -OCH3 is 1. The summed E-state index contributed by atoms with van der Waals surface area (Å²) in [6, 6.07) is 6.45. The summed E-state index contributed by atoms with van der Waals surface area (Å²) in [5, 5.41) is 9.55. The molecule has 0 radical (unpaired) electrons.